The highest BCUT2D eigenvalue weighted by Gasteiger charge is 2.25. The summed E-state index contributed by atoms with van der Waals surface area (Å²) in [6, 6.07) is 7.98. The van der Waals surface area contributed by atoms with Gasteiger partial charge in [-0.25, -0.2) is 0 Å². The van der Waals surface area contributed by atoms with Crippen LogP contribution in [0, 0.1) is 5.92 Å². The first-order valence-electron chi connectivity index (χ1n) is 7.69. The standard InChI is InChI=1S/C17H20BrN3O/c1-11(2)8-14-10-15(20-19-14)17(22)21-7-3-4-12-9-13(18)5-6-16(12)21/h5-6,9-11H,3-4,7-8H2,1-2H3,(H,19,20). The highest BCUT2D eigenvalue weighted by molar-refractivity contribution is 9.10. The van der Waals surface area contributed by atoms with Gasteiger partial charge in [0, 0.05) is 22.4 Å². The fraction of sp³-hybridized carbons (Fsp3) is 0.412. The molecule has 0 saturated carbocycles. The van der Waals surface area contributed by atoms with Crippen LogP contribution in [0.25, 0.3) is 0 Å². The van der Waals surface area contributed by atoms with Gasteiger partial charge in [0.15, 0.2) is 5.69 Å². The van der Waals surface area contributed by atoms with Crippen LogP contribution in [0.4, 0.5) is 5.69 Å². The zero-order chi connectivity index (χ0) is 15.7. The molecule has 1 amide bonds. The molecule has 1 N–H and O–H groups in total. The van der Waals surface area contributed by atoms with Crippen molar-refractivity contribution in [3.63, 3.8) is 0 Å². The van der Waals surface area contributed by atoms with E-state index in [2.05, 4.69) is 46.0 Å². The first kappa shape index (κ1) is 15.3. The number of nitrogens with zero attached hydrogens (tertiary/aromatic N) is 2. The maximum Gasteiger partial charge on any atom is 0.278 e. The van der Waals surface area contributed by atoms with Gasteiger partial charge in [0.25, 0.3) is 5.91 Å². The van der Waals surface area contributed by atoms with Gasteiger partial charge in [0.1, 0.15) is 0 Å². The summed E-state index contributed by atoms with van der Waals surface area (Å²) in [5.41, 5.74) is 3.75. The van der Waals surface area contributed by atoms with Crippen molar-refractivity contribution >= 4 is 27.5 Å². The number of carbonyl (C=O) groups is 1. The summed E-state index contributed by atoms with van der Waals surface area (Å²) in [5.74, 6) is 0.519. The molecule has 0 aliphatic carbocycles. The van der Waals surface area contributed by atoms with E-state index in [0.29, 0.717) is 11.6 Å². The SMILES string of the molecule is CC(C)Cc1cc(C(=O)N2CCCc3cc(Br)ccc32)n[nH]1. The van der Waals surface area contributed by atoms with E-state index < -0.39 is 0 Å². The molecule has 1 aromatic heterocycles. The lowest BCUT2D eigenvalue weighted by Crippen LogP contribution is -2.35. The third kappa shape index (κ3) is 3.09. The predicted molar refractivity (Wildman–Crippen MR) is 91.3 cm³/mol. The number of benzene rings is 1. The molecule has 1 aliphatic heterocycles. The van der Waals surface area contributed by atoms with Crippen LogP contribution in [0.5, 0.6) is 0 Å². The summed E-state index contributed by atoms with van der Waals surface area (Å²) in [5, 5.41) is 7.19. The van der Waals surface area contributed by atoms with Crippen molar-refractivity contribution < 1.29 is 4.79 Å². The Morgan fingerprint density at radius 3 is 3.00 bits per heavy atom. The van der Waals surface area contributed by atoms with Crippen LogP contribution in [0.1, 0.15) is 42.0 Å². The largest absolute Gasteiger partial charge is 0.307 e. The number of aromatic amines is 1. The fourth-order valence-corrected chi connectivity index (χ4v) is 3.34. The molecule has 0 spiro atoms. The van der Waals surface area contributed by atoms with E-state index in [1.807, 2.05) is 23.1 Å². The highest BCUT2D eigenvalue weighted by Crippen LogP contribution is 2.30. The predicted octanol–water partition coefficient (Wildman–Crippen LogP) is 3.96. The van der Waals surface area contributed by atoms with E-state index in [4.69, 9.17) is 0 Å². The molecule has 0 saturated heterocycles. The summed E-state index contributed by atoms with van der Waals surface area (Å²) >= 11 is 3.50. The van der Waals surface area contributed by atoms with E-state index in [0.717, 1.165) is 41.7 Å². The normalized spacial score (nSPS) is 14.3. The number of hydrogen-bond donors (Lipinski definition) is 1. The van der Waals surface area contributed by atoms with E-state index in [1.54, 1.807) is 0 Å². The minimum Gasteiger partial charge on any atom is -0.307 e. The molecule has 1 aromatic carbocycles. The fourth-order valence-electron chi connectivity index (χ4n) is 2.93. The lowest BCUT2D eigenvalue weighted by molar-refractivity contribution is 0.0980. The lowest BCUT2D eigenvalue weighted by atomic mass is 10.0. The van der Waals surface area contributed by atoms with Gasteiger partial charge in [-0.1, -0.05) is 29.8 Å². The molecule has 4 nitrogen and oxygen atoms in total. The molecule has 0 unspecified atom stereocenters. The Morgan fingerprint density at radius 1 is 1.41 bits per heavy atom. The van der Waals surface area contributed by atoms with Gasteiger partial charge in [-0.05, 0) is 55.0 Å². The zero-order valence-electron chi connectivity index (χ0n) is 12.9. The lowest BCUT2D eigenvalue weighted by Gasteiger charge is -2.29. The topological polar surface area (TPSA) is 49.0 Å². The number of halogens is 1. The van der Waals surface area contributed by atoms with Crippen molar-refractivity contribution in [2.45, 2.75) is 33.1 Å². The number of hydrogen-bond acceptors (Lipinski definition) is 2. The summed E-state index contributed by atoms with van der Waals surface area (Å²) in [7, 11) is 0. The van der Waals surface area contributed by atoms with Gasteiger partial charge >= 0.3 is 0 Å². The van der Waals surface area contributed by atoms with Crippen LogP contribution in [0.3, 0.4) is 0 Å². The molecule has 1 aliphatic rings. The van der Waals surface area contributed by atoms with Gasteiger partial charge in [0.2, 0.25) is 0 Å². The van der Waals surface area contributed by atoms with Crippen molar-refractivity contribution in [2.75, 3.05) is 11.4 Å². The number of amides is 1. The molecule has 0 atom stereocenters. The summed E-state index contributed by atoms with van der Waals surface area (Å²) in [4.78, 5) is 14.6. The Labute approximate surface area is 139 Å². The van der Waals surface area contributed by atoms with E-state index in [-0.39, 0.29) is 5.91 Å². The van der Waals surface area contributed by atoms with Crippen LogP contribution in [-0.2, 0) is 12.8 Å². The second kappa shape index (κ2) is 6.24. The maximum absolute atomic E-state index is 12.8. The molecule has 2 heterocycles. The maximum atomic E-state index is 12.8. The number of fused-ring (bicyclic) bond motifs is 1. The Morgan fingerprint density at radius 2 is 2.23 bits per heavy atom. The molecular formula is C17H20BrN3O. The average molecular weight is 362 g/mol. The Kier molecular flexibility index (Phi) is 4.34. The Balaban J connectivity index is 1.86. The van der Waals surface area contributed by atoms with Crippen LogP contribution < -0.4 is 4.90 Å². The van der Waals surface area contributed by atoms with E-state index in [1.165, 1.54) is 5.56 Å². The van der Waals surface area contributed by atoms with Crippen molar-refractivity contribution in [1.29, 1.82) is 0 Å². The average Bonchev–Trinajstić information content (AvgIpc) is 2.93. The van der Waals surface area contributed by atoms with Gasteiger partial charge in [0.05, 0.1) is 0 Å². The van der Waals surface area contributed by atoms with Crippen LogP contribution in [-0.4, -0.2) is 22.6 Å². The van der Waals surface area contributed by atoms with Crippen molar-refractivity contribution in [1.82, 2.24) is 10.2 Å². The smallest absolute Gasteiger partial charge is 0.278 e. The number of nitrogens with one attached hydrogen (secondary N) is 1. The number of H-pyrrole nitrogens is 1. The molecule has 0 radical (unpaired) electrons. The number of carbonyl (C=O) groups excluding carboxylic acids is 1. The molecule has 22 heavy (non-hydrogen) atoms. The number of rotatable bonds is 3. The molecular weight excluding hydrogens is 342 g/mol. The molecule has 5 heteroatoms. The van der Waals surface area contributed by atoms with Gasteiger partial charge in [-0.2, -0.15) is 5.10 Å². The second-order valence-corrected chi connectivity index (χ2v) is 7.13. The number of anilines is 1. The number of aryl methyl sites for hydroxylation is 1. The number of aromatic nitrogens is 2. The van der Waals surface area contributed by atoms with Crippen molar-refractivity contribution in [3.05, 3.63) is 45.7 Å². The zero-order valence-corrected chi connectivity index (χ0v) is 14.5. The first-order chi connectivity index (χ1) is 10.5. The summed E-state index contributed by atoms with van der Waals surface area (Å²) in [6.45, 7) is 5.06. The van der Waals surface area contributed by atoms with Crippen molar-refractivity contribution in [2.24, 2.45) is 5.92 Å². The monoisotopic (exact) mass is 361 g/mol. The van der Waals surface area contributed by atoms with E-state index >= 15 is 0 Å². The van der Waals surface area contributed by atoms with Gasteiger partial charge in [-0.15, -0.1) is 0 Å². The minimum absolute atomic E-state index is 0.0190. The van der Waals surface area contributed by atoms with Crippen molar-refractivity contribution in [3.8, 4) is 0 Å². The minimum atomic E-state index is -0.0190. The van der Waals surface area contributed by atoms with Crippen LogP contribution >= 0.6 is 15.9 Å². The second-order valence-electron chi connectivity index (χ2n) is 6.21. The molecule has 0 bridgehead atoms. The molecule has 116 valence electrons. The third-order valence-corrected chi connectivity index (χ3v) is 4.38. The van der Waals surface area contributed by atoms with Crippen LogP contribution in [0.2, 0.25) is 0 Å². The van der Waals surface area contributed by atoms with Gasteiger partial charge in [-0.3, -0.25) is 9.89 Å². The summed E-state index contributed by atoms with van der Waals surface area (Å²) < 4.78 is 1.06. The summed E-state index contributed by atoms with van der Waals surface area (Å²) in [6.07, 6.45) is 2.90. The van der Waals surface area contributed by atoms with Crippen LogP contribution in [0.15, 0.2) is 28.7 Å². The molecule has 2 aromatic rings. The first-order valence-corrected chi connectivity index (χ1v) is 8.48. The Bertz CT molecular complexity index is 693. The van der Waals surface area contributed by atoms with E-state index in [9.17, 15) is 4.79 Å². The molecule has 3 rings (SSSR count). The van der Waals surface area contributed by atoms with Gasteiger partial charge < -0.3 is 4.90 Å². The Hall–Kier alpha value is -1.62. The quantitative estimate of drug-likeness (QED) is 0.899. The molecule has 0 fully saturated rings. The highest BCUT2D eigenvalue weighted by atomic mass is 79.9. The third-order valence-electron chi connectivity index (χ3n) is 3.88.